The van der Waals surface area contributed by atoms with Gasteiger partial charge < -0.3 is 24.8 Å². The Bertz CT molecular complexity index is 595. The molecule has 10 nitrogen and oxygen atoms in total. The van der Waals surface area contributed by atoms with E-state index in [1.54, 1.807) is 4.57 Å². The Balaban J connectivity index is 2.00. The molecule has 2 aromatic rings. The number of rotatable bonds is 5. The van der Waals surface area contributed by atoms with Gasteiger partial charge in [-0.15, -0.1) is 10.2 Å². The van der Waals surface area contributed by atoms with Gasteiger partial charge in [-0.05, 0) is 5.21 Å². The Labute approximate surface area is 101 Å². The van der Waals surface area contributed by atoms with Crippen molar-refractivity contribution in [3.05, 3.63) is 6.33 Å². The standard InChI is InChI=1S/C7H11N6O4P/c8-6-5-7(11-12-10-6)13(3-9-5)1-2-17-4-18(14,15)16/h3H,1-2,4H2,(H2,8,10,11)(H2,14,15,16). The second-order valence-corrected chi connectivity index (χ2v) is 5.07. The van der Waals surface area contributed by atoms with Gasteiger partial charge in [0.15, 0.2) is 17.0 Å². The molecule has 4 N–H and O–H groups in total. The number of nitrogens with two attached hydrogens (primary N) is 1. The third-order valence-electron chi connectivity index (χ3n) is 2.08. The van der Waals surface area contributed by atoms with E-state index in [4.69, 9.17) is 20.3 Å². The molecule has 0 aliphatic heterocycles. The lowest BCUT2D eigenvalue weighted by atomic mass is 10.5. The number of hydrogen-bond donors (Lipinski definition) is 3. The van der Waals surface area contributed by atoms with Crippen LogP contribution in [0.25, 0.3) is 11.2 Å². The highest BCUT2D eigenvalue weighted by atomic mass is 31.2. The first kappa shape index (κ1) is 12.8. The van der Waals surface area contributed by atoms with Crippen LogP contribution in [0.1, 0.15) is 0 Å². The maximum Gasteiger partial charge on any atom is 0.350 e. The summed E-state index contributed by atoms with van der Waals surface area (Å²) in [5, 5.41) is 10.8. The zero-order valence-corrected chi connectivity index (χ0v) is 10.1. The molecule has 0 saturated heterocycles. The van der Waals surface area contributed by atoms with Gasteiger partial charge in [0.2, 0.25) is 0 Å². The summed E-state index contributed by atoms with van der Waals surface area (Å²) in [4.78, 5) is 21.2. The zero-order valence-electron chi connectivity index (χ0n) is 9.17. The summed E-state index contributed by atoms with van der Waals surface area (Å²) < 4.78 is 17.0. The van der Waals surface area contributed by atoms with Crippen molar-refractivity contribution < 1.29 is 19.1 Å². The summed E-state index contributed by atoms with van der Waals surface area (Å²) >= 11 is 0. The Kier molecular flexibility index (Phi) is 3.53. The van der Waals surface area contributed by atoms with Gasteiger partial charge in [0.1, 0.15) is 6.35 Å². The molecule has 11 heteroatoms. The van der Waals surface area contributed by atoms with E-state index in [0.29, 0.717) is 17.7 Å². The van der Waals surface area contributed by atoms with E-state index >= 15 is 0 Å². The molecule has 0 bridgehead atoms. The van der Waals surface area contributed by atoms with E-state index < -0.39 is 13.9 Å². The first-order valence-electron chi connectivity index (χ1n) is 4.89. The van der Waals surface area contributed by atoms with Crippen LogP contribution < -0.4 is 5.73 Å². The van der Waals surface area contributed by atoms with Crippen molar-refractivity contribution in [2.24, 2.45) is 0 Å². The Hall–Kier alpha value is -1.61. The van der Waals surface area contributed by atoms with Gasteiger partial charge in [-0.3, -0.25) is 4.57 Å². The molecule has 2 rings (SSSR count). The summed E-state index contributed by atoms with van der Waals surface area (Å²) in [7, 11) is -4.13. The highest BCUT2D eigenvalue weighted by Gasteiger charge is 2.13. The molecule has 0 atom stereocenters. The third kappa shape index (κ3) is 2.99. The van der Waals surface area contributed by atoms with Crippen molar-refractivity contribution in [1.29, 1.82) is 0 Å². The van der Waals surface area contributed by atoms with Gasteiger partial charge in [0, 0.05) is 6.54 Å². The maximum absolute atomic E-state index is 10.6. The van der Waals surface area contributed by atoms with Gasteiger partial charge in [0.05, 0.1) is 12.9 Å². The third-order valence-corrected chi connectivity index (χ3v) is 2.60. The zero-order chi connectivity index (χ0) is 13.2. The first-order chi connectivity index (χ1) is 8.47. The summed E-state index contributed by atoms with van der Waals surface area (Å²) in [5.41, 5.74) is 6.43. The summed E-state index contributed by atoms with van der Waals surface area (Å²) in [5.74, 6) is 0.176. The Morgan fingerprint density at radius 1 is 1.44 bits per heavy atom. The fraction of sp³-hybridized carbons (Fsp3) is 0.429. The van der Waals surface area contributed by atoms with E-state index in [2.05, 4.69) is 20.4 Å². The number of hydrogen-bond acceptors (Lipinski definition) is 7. The highest BCUT2D eigenvalue weighted by Crippen LogP contribution is 2.33. The van der Waals surface area contributed by atoms with Crippen molar-refractivity contribution in [3.8, 4) is 0 Å². The average molecular weight is 274 g/mol. The van der Waals surface area contributed by atoms with Crippen LogP contribution >= 0.6 is 7.60 Å². The van der Waals surface area contributed by atoms with E-state index in [1.165, 1.54) is 6.33 Å². The topological polar surface area (TPSA) is 149 Å². The largest absolute Gasteiger partial charge is 0.380 e. The molecule has 0 unspecified atom stereocenters. The predicted octanol–water partition coefficient (Wildman–Crippen LogP) is -1.04. The van der Waals surface area contributed by atoms with Crippen LogP contribution in [0.4, 0.5) is 5.82 Å². The number of nitrogens with zero attached hydrogens (tertiary/aromatic N) is 5. The summed E-state index contributed by atoms with van der Waals surface area (Å²) in [6, 6.07) is 0. The molecule has 0 aromatic carbocycles. The SMILES string of the molecule is Nc1nnnc2c1ncn2CCOCP(=O)(O)O. The lowest BCUT2D eigenvalue weighted by molar-refractivity contribution is 0.149. The van der Waals surface area contributed by atoms with Crippen LogP contribution in [0.15, 0.2) is 6.33 Å². The molecule has 2 heterocycles. The molecule has 0 spiro atoms. The number of nitrogen functional groups attached to an aromatic ring is 1. The molecule has 0 amide bonds. The van der Waals surface area contributed by atoms with Crippen molar-refractivity contribution in [2.45, 2.75) is 6.54 Å². The maximum atomic E-state index is 10.6. The number of ether oxygens (including phenoxy) is 1. The number of anilines is 1. The van der Waals surface area contributed by atoms with Gasteiger partial charge in [-0.2, -0.15) is 0 Å². The van der Waals surface area contributed by atoms with Crippen LogP contribution in [0.3, 0.4) is 0 Å². The van der Waals surface area contributed by atoms with E-state index in [0.717, 1.165) is 0 Å². The molecule has 0 aliphatic carbocycles. The van der Waals surface area contributed by atoms with Crippen molar-refractivity contribution in [2.75, 3.05) is 18.7 Å². The molecular formula is C7H11N6O4P. The van der Waals surface area contributed by atoms with E-state index in [1.807, 2.05) is 0 Å². The van der Waals surface area contributed by atoms with Crippen LogP contribution in [0.5, 0.6) is 0 Å². The second-order valence-electron chi connectivity index (χ2n) is 3.49. The van der Waals surface area contributed by atoms with Crippen molar-refractivity contribution >= 4 is 24.6 Å². The summed E-state index contributed by atoms with van der Waals surface area (Å²) in [6.07, 6.45) is 0.868. The lowest BCUT2D eigenvalue weighted by Gasteiger charge is -2.06. The first-order valence-corrected chi connectivity index (χ1v) is 6.69. The monoisotopic (exact) mass is 274 g/mol. The molecule has 0 aliphatic rings. The van der Waals surface area contributed by atoms with E-state index in [-0.39, 0.29) is 12.4 Å². The van der Waals surface area contributed by atoms with Gasteiger partial charge >= 0.3 is 7.60 Å². The number of fused-ring (bicyclic) bond motifs is 1. The fourth-order valence-electron chi connectivity index (χ4n) is 1.33. The fourth-order valence-corrected chi connectivity index (χ4v) is 1.70. The quantitative estimate of drug-likeness (QED) is 0.458. The van der Waals surface area contributed by atoms with Crippen molar-refractivity contribution in [1.82, 2.24) is 25.0 Å². The van der Waals surface area contributed by atoms with Crippen LogP contribution in [0.2, 0.25) is 0 Å². The average Bonchev–Trinajstić information content (AvgIpc) is 2.68. The molecule has 18 heavy (non-hydrogen) atoms. The predicted molar refractivity (Wildman–Crippen MR) is 60.4 cm³/mol. The molecule has 0 fully saturated rings. The smallest absolute Gasteiger partial charge is 0.350 e. The van der Waals surface area contributed by atoms with E-state index in [9.17, 15) is 4.57 Å². The number of imidazole rings is 1. The van der Waals surface area contributed by atoms with Crippen LogP contribution in [-0.4, -0.2) is 47.7 Å². The minimum atomic E-state index is -4.13. The molecular weight excluding hydrogens is 263 g/mol. The summed E-state index contributed by atoms with van der Waals surface area (Å²) in [6.45, 7) is 0.440. The van der Waals surface area contributed by atoms with Gasteiger partial charge in [-0.25, -0.2) is 4.98 Å². The molecule has 2 aromatic heterocycles. The van der Waals surface area contributed by atoms with Gasteiger partial charge in [-0.1, -0.05) is 0 Å². The van der Waals surface area contributed by atoms with Gasteiger partial charge in [0.25, 0.3) is 0 Å². The van der Waals surface area contributed by atoms with Crippen LogP contribution in [-0.2, 0) is 15.8 Å². The normalized spacial score (nSPS) is 12.1. The Morgan fingerprint density at radius 3 is 2.94 bits per heavy atom. The minimum Gasteiger partial charge on any atom is -0.380 e. The highest BCUT2D eigenvalue weighted by molar-refractivity contribution is 7.51. The number of aromatic nitrogens is 5. The molecule has 0 saturated carbocycles. The molecule has 0 radical (unpaired) electrons. The van der Waals surface area contributed by atoms with Crippen LogP contribution in [0, 0.1) is 0 Å². The Morgan fingerprint density at radius 2 is 2.22 bits per heavy atom. The minimum absolute atomic E-state index is 0.112. The van der Waals surface area contributed by atoms with Crippen molar-refractivity contribution in [3.63, 3.8) is 0 Å². The second kappa shape index (κ2) is 4.94. The lowest BCUT2D eigenvalue weighted by Crippen LogP contribution is -2.07. The molecule has 98 valence electrons.